The van der Waals surface area contributed by atoms with E-state index in [2.05, 4.69) is 29.5 Å². The van der Waals surface area contributed by atoms with Gasteiger partial charge in [-0.1, -0.05) is 32.0 Å². The summed E-state index contributed by atoms with van der Waals surface area (Å²) < 4.78 is 0. The fraction of sp³-hybridized carbons (Fsp3) is 0.389. The summed E-state index contributed by atoms with van der Waals surface area (Å²) in [5.41, 5.74) is 1.36. The van der Waals surface area contributed by atoms with Crippen molar-refractivity contribution in [2.45, 2.75) is 39.7 Å². The van der Waals surface area contributed by atoms with E-state index in [0.29, 0.717) is 11.6 Å². The zero-order valence-electron chi connectivity index (χ0n) is 13.8. The molecule has 0 aliphatic carbocycles. The second-order valence-corrected chi connectivity index (χ2v) is 6.22. The first kappa shape index (κ1) is 16.9. The quantitative estimate of drug-likeness (QED) is 0.833. The Bertz CT molecular complexity index is 697. The number of anilines is 1. The van der Waals surface area contributed by atoms with E-state index in [1.54, 1.807) is 12.3 Å². The average Bonchev–Trinajstić information content (AvgIpc) is 2.52. The van der Waals surface area contributed by atoms with E-state index in [1.165, 1.54) is 0 Å². The third-order valence-corrected chi connectivity index (χ3v) is 3.61. The fourth-order valence-electron chi connectivity index (χ4n) is 2.27. The van der Waals surface area contributed by atoms with E-state index in [-0.39, 0.29) is 6.04 Å². The van der Waals surface area contributed by atoms with Crippen molar-refractivity contribution in [1.82, 2.24) is 10.3 Å². The van der Waals surface area contributed by atoms with Crippen LogP contribution in [0.1, 0.15) is 33.6 Å². The molecule has 0 saturated carbocycles. The summed E-state index contributed by atoms with van der Waals surface area (Å²) in [6.45, 7) is 6.17. The SMILES string of the molecule is CC(C)CCC(C)NC(=O)C(=O)Nc1cnc2ccccc2c1. The highest BCUT2D eigenvalue weighted by atomic mass is 16.2. The molecule has 2 amide bonds. The molecule has 0 aliphatic rings. The van der Waals surface area contributed by atoms with Crippen LogP contribution in [0.4, 0.5) is 5.69 Å². The van der Waals surface area contributed by atoms with E-state index in [9.17, 15) is 9.59 Å². The number of carbonyl (C=O) groups is 2. The lowest BCUT2D eigenvalue weighted by molar-refractivity contribution is -0.136. The van der Waals surface area contributed by atoms with Crippen molar-refractivity contribution in [1.29, 1.82) is 0 Å². The Morgan fingerprint density at radius 2 is 1.83 bits per heavy atom. The lowest BCUT2D eigenvalue weighted by Crippen LogP contribution is -2.40. The Labute approximate surface area is 136 Å². The minimum absolute atomic E-state index is 0.0228. The van der Waals surface area contributed by atoms with Gasteiger partial charge in [-0.15, -0.1) is 0 Å². The molecular weight excluding hydrogens is 290 g/mol. The van der Waals surface area contributed by atoms with Gasteiger partial charge in [-0.25, -0.2) is 0 Å². The molecule has 0 bridgehead atoms. The molecule has 122 valence electrons. The van der Waals surface area contributed by atoms with Gasteiger partial charge in [0.2, 0.25) is 0 Å². The summed E-state index contributed by atoms with van der Waals surface area (Å²) in [5, 5.41) is 6.22. The Hall–Kier alpha value is -2.43. The second-order valence-electron chi connectivity index (χ2n) is 6.22. The van der Waals surface area contributed by atoms with Crippen molar-refractivity contribution < 1.29 is 9.59 Å². The van der Waals surface area contributed by atoms with Crippen molar-refractivity contribution in [2.75, 3.05) is 5.32 Å². The average molecular weight is 313 g/mol. The summed E-state index contributed by atoms with van der Waals surface area (Å²) in [7, 11) is 0. The van der Waals surface area contributed by atoms with Crippen LogP contribution in [0.25, 0.3) is 10.9 Å². The molecule has 2 aromatic rings. The molecule has 2 rings (SSSR count). The number of benzene rings is 1. The second kappa shape index (κ2) is 7.72. The van der Waals surface area contributed by atoms with Gasteiger partial charge in [-0.3, -0.25) is 14.6 Å². The molecular formula is C18H23N3O2. The summed E-state index contributed by atoms with van der Waals surface area (Å²) in [4.78, 5) is 28.2. The van der Waals surface area contributed by atoms with Gasteiger partial charge in [-0.05, 0) is 37.8 Å². The molecule has 23 heavy (non-hydrogen) atoms. The third-order valence-electron chi connectivity index (χ3n) is 3.61. The molecule has 0 radical (unpaired) electrons. The maximum absolute atomic E-state index is 12.0. The number of fused-ring (bicyclic) bond motifs is 1. The number of pyridine rings is 1. The van der Waals surface area contributed by atoms with Crippen molar-refractivity contribution in [2.24, 2.45) is 5.92 Å². The van der Waals surface area contributed by atoms with Gasteiger partial charge in [0.25, 0.3) is 0 Å². The molecule has 1 unspecified atom stereocenters. The fourth-order valence-corrected chi connectivity index (χ4v) is 2.27. The van der Waals surface area contributed by atoms with Gasteiger partial charge in [0.05, 0.1) is 17.4 Å². The summed E-state index contributed by atoms with van der Waals surface area (Å²) >= 11 is 0. The van der Waals surface area contributed by atoms with Gasteiger partial charge >= 0.3 is 11.8 Å². The molecule has 1 aromatic carbocycles. The Balaban J connectivity index is 1.93. The highest BCUT2D eigenvalue weighted by Gasteiger charge is 2.16. The van der Waals surface area contributed by atoms with Crippen LogP contribution in [0.3, 0.4) is 0 Å². The molecule has 0 spiro atoms. The van der Waals surface area contributed by atoms with Crippen molar-refractivity contribution >= 4 is 28.4 Å². The normalized spacial score (nSPS) is 12.2. The Morgan fingerprint density at radius 3 is 2.57 bits per heavy atom. The number of hydrogen-bond acceptors (Lipinski definition) is 3. The van der Waals surface area contributed by atoms with Gasteiger partial charge < -0.3 is 10.6 Å². The van der Waals surface area contributed by atoms with Gasteiger partial charge in [0, 0.05) is 11.4 Å². The summed E-state index contributed by atoms with van der Waals surface area (Å²) in [6, 6.07) is 9.38. The number of aromatic nitrogens is 1. The number of hydrogen-bond donors (Lipinski definition) is 2. The molecule has 0 fully saturated rings. The number of nitrogens with one attached hydrogen (secondary N) is 2. The maximum atomic E-state index is 12.0. The Morgan fingerprint density at radius 1 is 1.09 bits per heavy atom. The molecule has 1 aromatic heterocycles. The van der Waals surface area contributed by atoms with E-state index in [4.69, 9.17) is 0 Å². The van der Waals surface area contributed by atoms with Gasteiger partial charge in [0.15, 0.2) is 0 Å². The molecule has 2 N–H and O–H groups in total. The number of rotatable bonds is 5. The summed E-state index contributed by atoms with van der Waals surface area (Å²) in [5.74, 6) is -0.709. The molecule has 0 aliphatic heterocycles. The van der Waals surface area contributed by atoms with Gasteiger partial charge in [-0.2, -0.15) is 0 Å². The van der Waals surface area contributed by atoms with E-state index in [1.807, 2.05) is 31.2 Å². The van der Waals surface area contributed by atoms with Crippen molar-refractivity contribution in [3.8, 4) is 0 Å². The zero-order valence-corrected chi connectivity index (χ0v) is 13.8. The summed E-state index contributed by atoms with van der Waals surface area (Å²) in [6.07, 6.45) is 3.42. The molecule has 5 nitrogen and oxygen atoms in total. The van der Waals surface area contributed by atoms with Crippen molar-refractivity contribution in [3.05, 3.63) is 36.5 Å². The van der Waals surface area contributed by atoms with E-state index >= 15 is 0 Å². The predicted octanol–water partition coefficient (Wildman–Crippen LogP) is 3.11. The number of amides is 2. The number of para-hydroxylation sites is 1. The van der Waals surface area contributed by atoms with Crippen LogP contribution in [0.2, 0.25) is 0 Å². The molecule has 0 saturated heterocycles. The predicted molar refractivity (Wildman–Crippen MR) is 92.0 cm³/mol. The first-order valence-corrected chi connectivity index (χ1v) is 7.92. The minimum atomic E-state index is -0.668. The molecule has 5 heteroatoms. The first-order valence-electron chi connectivity index (χ1n) is 7.92. The van der Waals surface area contributed by atoms with Crippen LogP contribution in [0.5, 0.6) is 0 Å². The Kier molecular flexibility index (Phi) is 5.68. The third kappa shape index (κ3) is 5.06. The molecule has 1 atom stereocenters. The van der Waals surface area contributed by atoms with Crippen LogP contribution in [0.15, 0.2) is 36.5 Å². The minimum Gasteiger partial charge on any atom is -0.345 e. The van der Waals surface area contributed by atoms with Crippen LogP contribution >= 0.6 is 0 Å². The largest absolute Gasteiger partial charge is 0.345 e. The highest BCUT2D eigenvalue weighted by Crippen LogP contribution is 2.15. The van der Waals surface area contributed by atoms with E-state index in [0.717, 1.165) is 23.7 Å². The van der Waals surface area contributed by atoms with Crippen molar-refractivity contribution in [3.63, 3.8) is 0 Å². The van der Waals surface area contributed by atoms with Crippen LogP contribution in [-0.4, -0.2) is 22.8 Å². The van der Waals surface area contributed by atoms with E-state index < -0.39 is 11.8 Å². The lowest BCUT2D eigenvalue weighted by atomic mass is 10.0. The van der Waals surface area contributed by atoms with Crippen LogP contribution < -0.4 is 10.6 Å². The number of carbonyl (C=O) groups excluding carboxylic acids is 2. The topological polar surface area (TPSA) is 71.1 Å². The standard InChI is InChI=1S/C18H23N3O2/c1-12(2)8-9-13(3)20-17(22)18(23)21-15-10-14-6-4-5-7-16(14)19-11-15/h4-7,10-13H,8-9H2,1-3H3,(H,20,22)(H,21,23). The first-order chi connectivity index (χ1) is 11.0. The monoisotopic (exact) mass is 313 g/mol. The highest BCUT2D eigenvalue weighted by molar-refractivity contribution is 6.39. The smallest absolute Gasteiger partial charge is 0.313 e. The van der Waals surface area contributed by atoms with Crippen LogP contribution in [0, 0.1) is 5.92 Å². The van der Waals surface area contributed by atoms with Crippen LogP contribution in [-0.2, 0) is 9.59 Å². The maximum Gasteiger partial charge on any atom is 0.313 e. The molecule has 1 heterocycles. The van der Waals surface area contributed by atoms with Gasteiger partial charge in [0.1, 0.15) is 0 Å². The lowest BCUT2D eigenvalue weighted by Gasteiger charge is -2.14. The zero-order chi connectivity index (χ0) is 16.8. The number of nitrogens with zero attached hydrogens (tertiary/aromatic N) is 1.